The van der Waals surface area contributed by atoms with E-state index in [4.69, 9.17) is 0 Å². The summed E-state index contributed by atoms with van der Waals surface area (Å²) in [6.07, 6.45) is 9.70. The third-order valence-corrected chi connectivity index (χ3v) is 10.9. The van der Waals surface area contributed by atoms with Crippen molar-refractivity contribution in [1.82, 2.24) is 14.0 Å². The fourth-order valence-corrected chi connectivity index (χ4v) is 8.35. The van der Waals surface area contributed by atoms with Crippen molar-refractivity contribution in [2.75, 3.05) is 11.9 Å². The van der Waals surface area contributed by atoms with Crippen LogP contribution in [0.15, 0.2) is 152 Å². The number of aromatic nitrogens is 4. The van der Waals surface area contributed by atoms with Gasteiger partial charge >= 0.3 is 27.1 Å². The zero-order valence-electron chi connectivity index (χ0n) is 32.2. The zero-order valence-corrected chi connectivity index (χ0v) is 34.6. The van der Waals surface area contributed by atoms with Crippen molar-refractivity contribution in [1.29, 1.82) is 0 Å². The van der Waals surface area contributed by atoms with Crippen molar-refractivity contribution >= 4 is 18.1 Å². The summed E-state index contributed by atoms with van der Waals surface area (Å²) in [5.74, 6) is 1.93. The summed E-state index contributed by atoms with van der Waals surface area (Å²) in [6.45, 7) is 9.22. The van der Waals surface area contributed by atoms with Crippen LogP contribution in [0.3, 0.4) is 0 Å². The van der Waals surface area contributed by atoms with Crippen molar-refractivity contribution in [3.8, 4) is 56.3 Å². The van der Waals surface area contributed by atoms with E-state index in [1.54, 1.807) is 0 Å². The van der Waals surface area contributed by atoms with Gasteiger partial charge in [-0.3, -0.25) is 9.55 Å². The number of nitrogens with zero attached hydrogens (tertiary/aromatic N) is 5. The zero-order chi connectivity index (χ0) is 37.6. The van der Waals surface area contributed by atoms with Crippen molar-refractivity contribution < 1.29 is 24.7 Å². The fourth-order valence-electron chi connectivity index (χ4n) is 8.35. The van der Waals surface area contributed by atoms with Gasteiger partial charge in [0.15, 0.2) is 0 Å². The first-order valence-electron chi connectivity index (χ1n) is 19.1. The molecule has 10 rings (SSSR count). The maximum atomic E-state index is 4.66. The molecule has 8 aromatic rings. The average molecular weight is 904 g/mol. The van der Waals surface area contributed by atoms with Crippen LogP contribution in [0.25, 0.3) is 56.3 Å². The van der Waals surface area contributed by atoms with Crippen molar-refractivity contribution in [3.05, 3.63) is 182 Å². The Kier molecular flexibility index (Phi) is 10.2. The average Bonchev–Trinajstić information content (AvgIpc) is 3.90. The van der Waals surface area contributed by atoms with Crippen LogP contribution in [0.2, 0.25) is 0 Å². The van der Waals surface area contributed by atoms with Gasteiger partial charge in [-0.1, -0.05) is 124 Å². The quantitative estimate of drug-likeness (QED) is 0.100. The maximum Gasteiger partial charge on any atom is 3.00 e. The van der Waals surface area contributed by atoms with E-state index >= 15 is 0 Å². The Bertz CT molecular complexity index is 2550. The summed E-state index contributed by atoms with van der Waals surface area (Å²) in [7, 11) is 2.18. The Morgan fingerprint density at radius 3 is 1.93 bits per heavy atom. The minimum Gasteiger partial charge on any atom is -0.436 e. The van der Waals surface area contributed by atoms with Gasteiger partial charge in [0.2, 0.25) is 0 Å². The van der Waals surface area contributed by atoms with E-state index in [2.05, 4.69) is 194 Å². The van der Waals surface area contributed by atoms with Crippen molar-refractivity contribution in [2.24, 2.45) is 0 Å². The van der Waals surface area contributed by atoms with Crippen molar-refractivity contribution in [2.45, 2.75) is 39.5 Å². The molecule has 0 saturated heterocycles. The van der Waals surface area contributed by atoms with Crippen LogP contribution >= 0.6 is 0 Å². The molecule has 56 heavy (non-hydrogen) atoms. The van der Waals surface area contributed by atoms with Gasteiger partial charge in [0.25, 0.3) is 6.33 Å². The Hall–Kier alpha value is -5.75. The number of hydrogen-bond acceptors (Lipinski definition) is 2. The summed E-state index contributed by atoms with van der Waals surface area (Å²) in [4.78, 5) is 7.03. The molecule has 0 atom stereocenters. The molecule has 2 aromatic heterocycles. The molecule has 2 aliphatic heterocycles. The summed E-state index contributed by atoms with van der Waals surface area (Å²) < 4.78 is 6.50. The van der Waals surface area contributed by atoms with Crippen LogP contribution in [0.1, 0.15) is 50.7 Å². The molecule has 0 unspecified atom stereocenters. The Morgan fingerprint density at radius 2 is 1.25 bits per heavy atom. The van der Waals surface area contributed by atoms with Crippen LogP contribution < -0.4 is 14.8 Å². The van der Waals surface area contributed by atoms with Gasteiger partial charge in [-0.2, -0.15) is 30.3 Å². The molecular weight excluding hydrogens is 862 g/mol. The number of fused-ring (bicyclic) bond motifs is 11. The third-order valence-electron chi connectivity index (χ3n) is 10.9. The molecule has 4 heterocycles. The second-order valence-corrected chi connectivity index (χ2v) is 14.9. The van der Waals surface area contributed by atoms with Crippen molar-refractivity contribution in [3.63, 3.8) is 0 Å². The molecule has 2 aliphatic rings. The summed E-state index contributed by atoms with van der Waals surface area (Å²) in [6, 6.07) is 53.5. The predicted molar refractivity (Wildman–Crippen MR) is 225 cm³/mol. The largest absolute Gasteiger partial charge is 3.00 e. The van der Waals surface area contributed by atoms with E-state index in [-0.39, 0.29) is 27.1 Å². The predicted octanol–water partition coefficient (Wildman–Crippen LogP) is 9.96. The third kappa shape index (κ3) is 6.35. The molecule has 0 amide bonds. The SMILES string of the molecule is CC(C)c1cccc(C(C)C)c1B1N(C)c2ccc[c-]c2-c2nccn21.[Ir+3].[c-]1ccccc1-n1[c-][n+]2c(c1)-c1ccccc1-c1ccccc1-c1ccccc1-2. The normalized spacial score (nSPS) is 12.1. The van der Waals surface area contributed by atoms with Gasteiger partial charge in [-0.05, 0) is 75.0 Å². The molecule has 5 nitrogen and oxygen atoms in total. The molecule has 7 heteroatoms. The molecule has 0 bridgehead atoms. The second kappa shape index (κ2) is 15.4. The Balaban J connectivity index is 0.000000156. The monoisotopic (exact) mass is 904 g/mol. The van der Waals surface area contributed by atoms with E-state index in [1.807, 2.05) is 35.0 Å². The molecule has 0 N–H and O–H groups in total. The van der Waals surface area contributed by atoms with Crippen LogP contribution in [-0.2, 0) is 20.1 Å². The molecule has 274 valence electrons. The van der Waals surface area contributed by atoms with Gasteiger partial charge in [-0.25, -0.2) is 0 Å². The Labute approximate surface area is 344 Å². The summed E-state index contributed by atoms with van der Waals surface area (Å²) in [5.41, 5.74) is 15.8. The molecule has 6 aromatic carbocycles. The van der Waals surface area contributed by atoms with Crippen LogP contribution in [-0.4, -0.2) is 28.1 Å². The van der Waals surface area contributed by atoms with E-state index in [0.29, 0.717) is 11.8 Å². The first-order valence-corrected chi connectivity index (χ1v) is 19.1. The number of imidazole rings is 2. The van der Waals surface area contributed by atoms with Gasteiger partial charge in [0.1, 0.15) is 0 Å². The fraction of sp³-hybridized carbons (Fsp3) is 0.143. The molecule has 0 aliphatic carbocycles. The first kappa shape index (κ1) is 37.2. The van der Waals surface area contributed by atoms with E-state index in [9.17, 15) is 0 Å². The van der Waals surface area contributed by atoms with Gasteiger partial charge in [0.05, 0.1) is 11.4 Å². The van der Waals surface area contributed by atoms with Gasteiger partial charge < -0.3 is 13.9 Å². The molecular formula is C49H42BIrN5+. The Morgan fingerprint density at radius 1 is 0.643 bits per heavy atom. The second-order valence-electron chi connectivity index (χ2n) is 14.9. The first-order chi connectivity index (χ1) is 26.9. The number of anilines is 1. The van der Waals surface area contributed by atoms with Crippen LogP contribution in [0, 0.1) is 18.5 Å². The molecule has 0 fully saturated rings. The molecule has 0 spiro atoms. The van der Waals surface area contributed by atoms with Gasteiger partial charge in [-0.15, -0.1) is 24.3 Å². The number of para-hydroxylation sites is 2. The van der Waals surface area contributed by atoms with E-state index in [0.717, 1.165) is 28.5 Å². The number of benzene rings is 6. The van der Waals surface area contributed by atoms with Gasteiger partial charge in [0, 0.05) is 24.4 Å². The number of rotatable bonds is 4. The van der Waals surface area contributed by atoms with E-state index < -0.39 is 0 Å². The standard InChI is InChI=1S/C27H17N2.C22H25BN3.Ir/c1-2-10-20(11-3-1)28-18-27-25-16-7-6-14-23(25)21-12-4-5-13-22(21)24-15-8-9-17-26(24)29(27)19-28;1-15(2)17-10-8-11-18(16(3)4)21(17)23-25(5)20-12-7-6-9-19(20)22-24-13-14-26(22)23;/h1-10,12-18H;6-8,10-16H,1-5H3;/q2*-1;+3. The maximum absolute atomic E-state index is 4.66. The van der Waals surface area contributed by atoms with Crippen LogP contribution in [0.4, 0.5) is 5.69 Å². The topological polar surface area (TPSA) is 29.9 Å². The van der Waals surface area contributed by atoms with Crippen LogP contribution in [0.5, 0.6) is 0 Å². The summed E-state index contributed by atoms with van der Waals surface area (Å²) in [5, 5.41) is 0. The molecule has 0 radical (unpaired) electrons. The molecule has 0 saturated carbocycles. The minimum atomic E-state index is 0. The summed E-state index contributed by atoms with van der Waals surface area (Å²) >= 11 is 0. The smallest absolute Gasteiger partial charge is 0.436 e. The minimum absolute atomic E-state index is 0. The van der Waals surface area contributed by atoms with E-state index in [1.165, 1.54) is 50.1 Å². The number of hydrogen-bond donors (Lipinski definition) is 0.